The van der Waals surface area contributed by atoms with E-state index >= 15 is 0 Å². The number of ketones is 1. The number of benzene rings is 3. The smallest absolute Gasteiger partial charge is 0.314 e. The van der Waals surface area contributed by atoms with Crippen LogP contribution in [0.1, 0.15) is 81.6 Å². The summed E-state index contributed by atoms with van der Waals surface area (Å²) in [6, 6.07) is 25.1. The van der Waals surface area contributed by atoms with E-state index < -0.39 is 0 Å². The third-order valence-corrected chi connectivity index (χ3v) is 5.85. The topological polar surface area (TPSA) is 113 Å². The van der Waals surface area contributed by atoms with Gasteiger partial charge in [0.1, 0.15) is 5.78 Å². The van der Waals surface area contributed by atoms with Crippen LogP contribution in [0.25, 0.3) is 0 Å². The molecule has 9 nitrogen and oxygen atoms in total. The molecular weight excluding hydrogens is 699 g/mol. The van der Waals surface area contributed by atoms with Crippen LogP contribution in [-0.2, 0) is 11.8 Å². The SMILES string of the molecule is C.C.CC(C)=O.CC(C)=S.CNC(=O)NC.CNC(=S)NC.Cc1ccc(C)cc1.Cc1cccc(C)c1.Cc1ccccc1C.Cc1cn(C)nn1. The Bertz CT molecular complexity index is 1370. The number of nitrogens with one attached hydrogen (secondary N) is 4. The van der Waals surface area contributed by atoms with Crippen LogP contribution in [-0.4, -0.2) is 65.0 Å². The fourth-order valence-corrected chi connectivity index (χ4v) is 2.82. The summed E-state index contributed by atoms with van der Waals surface area (Å²) in [4.78, 5) is 20.4. The Morgan fingerprint density at radius 1 is 0.585 bits per heavy atom. The van der Waals surface area contributed by atoms with Crippen molar-refractivity contribution in [1.82, 2.24) is 36.3 Å². The van der Waals surface area contributed by atoms with Crippen molar-refractivity contribution in [3.8, 4) is 0 Å². The van der Waals surface area contributed by atoms with E-state index in [1.165, 1.54) is 47.2 Å². The number of hydrogen-bond donors (Lipinski definition) is 4. The van der Waals surface area contributed by atoms with Gasteiger partial charge < -0.3 is 26.1 Å². The van der Waals surface area contributed by atoms with Gasteiger partial charge in [-0.2, -0.15) is 0 Å². The molecule has 1 heterocycles. The number of carbonyl (C=O) groups is 2. The van der Waals surface area contributed by atoms with Crippen LogP contribution < -0.4 is 21.3 Å². The van der Waals surface area contributed by atoms with E-state index in [4.69, 9.17) is 0 Å². The molecule has 0 spiro atoms. The van der Waals surface area contributed by atoms with Crippen LogP contribution in [0, 0.1) is 48.5 Å². The molecule has 3 aromatic carbocycles. The van der Waals surface area contributed by atoms with Gasteiger partial charge in [0, 0.05) is 41.4 Å². The van der Waals surface area contributed by atoms with Gasteiger partial charge in [-0.15, -0.1) is 5.10 Å². The van der Waals surface area contributed by atoms with E-state index in [2.05, 4.69) is 170 Å². The fourth-order valence-electron chi connectivity index (χ4n) is 2.82. The molecule has 0 fully saturated rings. The van der Waals surface area contributed by atoms with Crippen molar-refractivity contribution >= 4 is 46.2 Å². The molecule has 0 saturated heterocycles. The number of hydrogen-bond acceptors (Lipinski definition) is 6. The number of thiocarbonyl (C=S) groups is 2. The summed E-state index contributed by atoms with van der Waals surface area (Å²) < 4.78 is 1.68. The van der Waals surface area contributed by atoms with Gasteiger partial charge in [0.15, 0.2) is 5.11 Å². The van der Waals surface area contributed by atoms with Crippen molar-refractivity contribution in [1.29, 1.82) is 0 Å². The zero-order valence-electron chi connectivity index (χ0n) is 34.0. The molecule has 0 aliphatic carbocycles. The second kappa shape index (κ2) is 40.3. The number of Topliss-reactive ketones (excluding diaryl/α,β-unsaturated/α-hetero) is 1. The molecule has 4 rings (SSSR count). The van der Waals surface area contributed by atoms with Crippen molar-refractivity contribution in [2.75, 3.05) is 28.2 Å². The Balaban J connectivity index is -0.000000120. The summed E-state index contributed by atoms with van der Waals surface area (Å²) in [6.45, 7) is 21.4. The zero-order chi connectivity index (χ0) is 40.4. The third kappa shape index (κ3) is 52.0. The standard InChI is InChI=1S/3C8H10.C4H7N3.C3H8N2O.C3H8N2S.C3H6O.C3H6S.2CH4/c1-7-3-5-8(2)6-4-7;1-7-4-3-5-8(2)6-7;1-7-5-3-4-6-8(7)2;1-4-3-7(2)6-5-4;2*1-4-3(6)5-2;2*1-3(2)4;;/h3*3-6H,1-2H3;3H,1-2H3;2*1-2H3,(H2,4,5,6);2*1-2H3;2*1H4. The lowest BCUT2D eigenvalue weighted by Crippen LogP contribution is -2.28. The highest BCUT2D eigenvalue weighted by Crippen LogP contribution is 2.03. The minimum Gasteiger partial charge on any atom is -0.366 e. The lowest BCUT2D eigenvalue weighted by atomic mass is 10.1. The van der Waals surface area contributed by atoms with Crippen LogP contribution in [0.3, 0.4) is 0 Å². The summed E-state index contributed by atoms with van der Waals surface area (Å²) in [6.07, 6.45) is 1.86. The van der Waals surface area contributed by atoms with Crippen molar-refractivity contribution < 1.29 is 9.59 Å². The molecule has 0 saturated carbocycles. The van der Waals surface area contributed by atoms with Crippen LogP contribution in [0.5, 0.6) is 0 Å². The van der Waals surface area contributed by atoms with E-state index in [0.29, 0.717) is 5.11 Å². The highest BCUT2D eigenvalue weighted by atomic mass is 32.1. The molecule has 300 valence electrons. The van der Waals surface area contributed by atoms with Crippen LogP contribution in [0.2, 0.25) is 0 Å². The normalized spacial score (nSPS) is 8.00. The van der Waals surface area contributed by atoms with Gasteiger partial charge in [0.05, 0.1) is 5.69 Å². The van der Waals surface area contributed by atoms with Crippen molar-refractivity contribution in [2.45, 2.75) is 91.0 Å². The second-order valence-corrected chi connectivity index (χ2v) is 12.6. The summed E-state index contributed by atoms with van der Waals surface area (Å²) in [5.41, 5.74) is 9.03. The third-order valence-electron chi connectivity index (χ3n) is 5.44. The van der Waals surface area contributed by atoms with E-state index in [9.17, 15) is 9.59 Å². The van der Waals surface area contributed by atoms with Crippen molar-refractivity contribution in [2.24, 2.45) is 7.05 Å². The Morgan fingerprint density at radius 2 is 0.925 bits per heavy atom. The maximum atomic E-state index is 9.96. The second-order valence-electron chi connectivity index (χ2n) is 11.4. The number of amides is 2. The lowest BCUT2D eigenvalue weighted by molar-refractivity contribution is -0.115. The first-order valence-corrected chi connectivity index (χ1v) is 17.2. The van der Waals surface area contributed by atoms with Gasteiger partial charge in [0.25, 0.3) is 0 Å². The molecule has 0 radical (unpaired) electrons. The predicted molar refractivity (Wildman–Crippen MR) is 241 cm³/mol. The molecule has 4 N–H and O–H groups in total. The highest BCUT2D eigenvalue weighted by Gasteiger charge is 1.85. The quantitative estimate of drug-likeness (QED) is 0.131. The first-order valence-electron chi connectivity index (χ1n) is 16.4. The summed E-state index contributed by atoms with van der Waals surface area (Å²) >= 11 is 9.17. The van der Waals surface area contributed by atoms with Gasteiger partial charge >= 0.3 is 6.03 Å². The van der Waals surface area contributed by atoms with E-state index in [0.717, 1.165) is 10.6 Å². The Labute approximate surface area is 335 Å². The van der Waals surface area contributed by atoms with Crippen LogP contribution >= 0.6 is 24.4 Å². The zero-order valence-corrected chi connectivity index (χ0v) is 35.6. The summed E-state index contributed by atoms with van der Waals surface area (Å²) in [7, 11) is 8.54. The molecule has 4 aromatic rings. The molecule has 53 heavy (non-hydrogen) atoms. The number of urea groups is 1. The maximum Gasteiger partial charge on any atom is 0.314 e. The minimum atomic E-state index is -0.157. The number of aryl methyl sites for hydroxylation is 8. The van der Waals surface area contributed by atoms with Crippen molar-refractivity contribution in [3.63, 3.8) is 0 Å². The summed E-state index contributed by atoms with van der Waals surface area (Å²) in [5.74, 6) is 0.167. The molecule has 2 amide bonds. The average Bonchev–Trinajstić information content (AvgIpc) is 3.45. The molecule has 0 atom stereocenters. The number of rotatable bonds is 0. The Kier molecular flexibility index (Phi) is 46.1. The van der Waals surface area contributed by atoms with Gasteiger partial charge in [0.2, 0.25) is 0 Å². The fraction of sp³-hybridized carbons (Fsp3) is 0.429. The Morgan fingerprint density at radius 3 is 1.06 bits per heavy atom. The monoisotopic (exact) mass is 772 g/mol. The molecule has 0 unspecified atom stereocenters. The summed E-state index contributed by atoms with van der Waals surface area (Å²) in [5, 5.41) is 18.3. The maximum absolute atomic E-state index is 9.96. The van der Waals surface area contributed by atoms with E-state index in [-0.39, 0.29) is 26.7 Å². The molecule has 1 aromatic heterocycles. The molecule has 11 heteroatoms. The molecule has 0 aliphatic rings. The van der Waals surface area contributed by atoms with Crippen LogP contribution in [0.15, 0.2) is 79.0 Å². The first kappa shape index (κ1) is 60.6. The first-order chi connectivity index (χ1) is 23.7. The van der Waals surface area contributed by atoms with Gasteiger partial charge in [-0.1, -0.05) is 127 Å². The number of aromatic nitrogens is 3. The van der Waals surface area contributed by atoms with Crippen molar-refractivity contribution in [3.05, 3.63) is 118 Å². The number of carbonyl (C=O) groups excluding carboxylic acids is 2. The average molecular weight is 772 g/mol. The van der Waals surface area contributed by atoms with E-state index in [1.807, 2.05) is 34.0 Å². The Hall–Kier alpha value is -4.48. The minimum absolute atomic E-state index is 0. The predicted octanol–water partition coefficient (Wildman–Crippen LogP) is 9.55. The van der Waals surface area contributed by atoms with Gasteiger partial charge in [-0.05, 0) is 104 Å². The largest absolute Gasteiger partial charge is 0.366 e. The molecule has 0 bridgehead atoms. The van der Waals surface area contributed by atoms with Crippen LogP contribution in [0.4, 0.5) is 4.79 Å². The molecule has 0 aliphatic heterocycles. The number of nitrogens with zero attached hydrogens (tertiary/aromatic N) is 3. The highest BCUT2D eigenvalue weighted by molar-refractivity contribution is 7.80. The van der Waals surface area contributed by atoms with Gasteiger partial charge in [-0.3, -0.25) is 4.68 Å². The molecular formula is C42H73N7O2S2. The lowest BCUT2D eigenvalue weighted by Gasteiger charge is -1.95. The van der Waals surface area contributed by atoms with E-state index in [1.54, 1.807) is 32.9 Å². The van der Waals surface area contributed by atoms with Gasteiger partial charge in [-0.25, -0.2) is 4.79 Å².